The summed E-state index contributed by atoms with van der Waals surface area (Å²) >= 11 is 2.55. The van der Waals surface area contributed by atoms with E-state index < -0.39 is 8.32 Å². The molecule has 0 amide bonds. The Kier molecular flexibility index (Phi) is 6.64. The second-order valence-corrected chi connectivity index (χ2v) is 15.7. The number of hydrogen-bond acceptors (Lipinski definition) is 9. The Morgan fingerprint density at radius 2 is 2.10 bits per heavy atom. The van der Waals surface area contributed by atoms with Crippen molar-refractivity contribution < 1.29 is 14.0 Å². The summed E-state index contributed by atoms with van der Waals surface area (Å²) in [5.41, 5.74) is 7.10. The highest BCUT2D eigenvalue weighted by atomic mass is 32.2. The molecule has 29 heavy (non-hydrogen) atoms. The van der Waals surface area contributed by atoms with Crippen LogP contribution in [0.15, 0.2) is 12.7 Å². The van der Waals surface area contributed by atoms with Crippen LogP contribution in [-0.4, -0.2) is 56.5 Å². The number of nitrogens with zero attached hydrogens (tertiary/aromatic N) is 4. The van der Waals surface area contributed by atoms with Crippen molar-refractivity contribution in [2.75, 3.05) is 18.6 Å². The van der Waals surface area contributed by atoms with Crippen molar-refractivity contribution in [3.63, 3.8) is 0 Å². The fraction of sp³-hybridized carbons (Fsp3) is 0.667. The quantitative estimate of drug-likeness (QED) is 0.660. The van der Waals surface area contributed by atoms with Crippen molar-refractivity contribution in [1.29, 1.82) is 0 Å². The predicted octanol–water partition coefficient (Wildman–Crippen LogP) is 4.30. The summed E-state index contributed by atoms with van der Waals surface area (Å²) in [7, 11) is -1.93. The molecule has 11 heteroatoms. The van der Waals surface area contributed by atoms with Gasteiger partial charge in [-0.3, -0.25) is 9.36 Å². The van der Waals surface area contributed by atoms with Crippen LogP contribution in [0.4, 0.5) is 10.6 Å². The molecule has 3 rings (SSSR count). The zero-order valence-corrected chi connectivity index (χ0v) is 20.3. The molecule has 2 aromatic heterocycles. The smallest absolute Gasteiger partial charge is 0.246 e. The second-order valence-electron chi connectivity index (χ2n) is 8.63. The summed E-state index contributed by atoms with van der Waals surface area (Å²) in [6, 6.07) is 0. The average Bonchev–Trinajstić information content (AvgIpc) is 3.23. The van der Waals surface area contributed by atoms with Gasteiger partial charge < -0.3 is 14.9 Å². The van der Waals surface area contributed by atoms with Crippen molar-refractivity contribution in [3.8, 4) is 0 Å². The molecule has 2 N–H and O–H groups in total. The van der Waals surface area contributed by atoms with E-state index in [1.54, 1.807) is 12.6 Å². The van der Waals surface area contributed by atoms with Crippen molar-refractivity contribution in [1.82, 2.24) is 19.5 Å². The van der Waals surface area contributed by atoms with Gasteiger partial charge >= 0.3 is 0 Å². The molecule has 1 saturated heterocycles. The van der Waals surface area contributed by atoms with E-state index in [-0.39, 0.29) is 27.1 Å². The molecule has 0 saturated carbocycles. The Morgan fingerprint density at radius 3 is 2.76 bits per heavy atom. The van der Waals surface area contributed by atoms with E-state index in [9.17, 15) is 4.79 Å². The van der Waals surface area contributed by atoms with Crippen LogP contribution >= 0.6 is 23.5 Å². The van der Waals surface area contributed by atoms with Crippen LogP contribution in [-0.2, 0) is 9.16 Å². The Labute approximate surface area is 180 Å². The lowest BCUT2D eigenvalue weighted by Gasteiger charge is -2.37. The number of nitrogens with two attached hydrogens (primary N) is 1. The van der Waals surface area contributed by atoms with E-state index in [4.69, 9.17) is 14.9 Å². The first-order valence-corrected chi connectivity index (χ1v) is 14.5. The highest BCUT2D eigenvalue weighted by molar-refractivity contribution is 8.38. The van der Waals surface area contributed by atoms with Crippen LogP contribution in [0, 0.1) is 0 Å². The third-order valence-corrected chi connectivity index (χ3v) is 12.3. The largest absolute Gasteiger partial charge is 0.414 e. The van der Waals surface area contributed by atoms with Crippen LogP contribution in [0.25, 0.3) is 11.2 Å². The van der Waals surface area contributed by atoms with Gasteiger partial charge in [0.15, 0.2) is 19.8 Å². The third kappa shape index (κ3) is 4.79. The van der Waals surface area contributed by atoms with Gasteiger partial charge in [0.05, 0.1) is 19.0 Å². The molecule has 3 heterocycles. The fourth-order valence-corrected chi connectivity index (χ4v) is 5.48. The topological polar surface area (TPSA) is 105 Å². The molecule has 0 radical (unpaired) electrons. The minimum Gasteiger partial charge on any atom is -0.414 e. The molecule has 160 valence electrons. The van der Waals surface area contributed by atoms with Gasteiger partial charge in [-0.25, -0.2) is 15.0 Å². The van der Waals surface area contributed by atoms with Crippen LogP contribution in [0.3, 0.4) is 0 Å². The molecule has 1 aliphatic heterocycles. The summed E-state index contributed by atoms with van der Waals surface area (Å²) < 4.78 is 14.7. The number of anilines is 1. The first-order chi connectivity index (χ1) is 13.5. The number of aromatic nitrogens is 4. The van der Waals surface area contributed by atoms with E-state index in [1.165, 1.54) is 29.9 Å². The number of hydrogen-bond donors (Lipinski definition) is 1. The summed E-state index contributed by atoms with van der Waals surface area (Å²) in [5.74, 6) is 0.341. The molecule has 0 unspecified atom stereocenters. The summed E-state index contributed by atoms with van der Waals surface area (Å²) in [6.45, 7) is 11.5. The zero-order valence-electron chi connectivity index (χ0n) is 17.7. The molecule has 0 spiro atoms. The number of carbonyl (C=O) groups is 1. The lowest BCUT2D eigenvalue weighted by atomic mass is 10.2. The van der Waals surface area contributed by atoms with Gasteiger partial charge in [0.25, 0.3) is 0 Å². The van der Waals surface area contributed by atoms with Crippen molar-refractivity contribution >= 4 is 53.3 Å². The Bertz CT molecular complexity index is 886. The fourth-order valence-electron chi connectivity index (χ4n) is 2.90. The van der Waals surface area contributed by atoms with Crippen molar-refractivity contribution in [3.05, 3.63) is 12.7 Å². The summed E-state index contributed by atoms with van der Waals surface area (Å²) in [5, 5.41) is 0.110. The van der Waals surface area contributed by atoms with E-state index in [0.29, 0.717) is 30.0 Å². The van der Waals surface area contributed by atoms with E-state index in [0.717, 1.165) is 0 Å². The Balaban J connectivity index is 1.81. The van der Waals surface area contributed by atoms with Crippen LogP contribution in [0.2, 0.25) is 18.1 Å². The van der Waals surface area contributed by atoms with Gasteiger partial charge in [0, 0.05) is 11.7 Å². The van der Waals surface area contributed by atoms with Gasteiger partial charge in [-0.2, -0.15) is 0 Å². The summed E-state index contributed by atoms with van der Waals surface area (Å²) in [4.78, 5) is 24.8. The molecule has 0 aliphatic carbocycles. The highest BCUT2D eigenvalue weighted by Gasteiger charge is 2.42. The van der Waals surface area contributed by atoms with Gasteiger partial charge in [-0.1, -0.05) is 44.3 Å². The molecule has 0 aromatic carbocycles. The van der Waals surface area contributed by atoms with Crippen molar-refractivity contribution in [2.24, 2.45) is 0 Å². The van der Waals surface area contributed by atoms with Gasteiger partial charge in [0.2, 0.25) is 4.45 Å². The third-order valence-electron chi connectivity index (χ3n) is 5.71. The molecule has 0 bridgehead atoms. The van der Waals surface area contributed by atoms with Crippen LogP contribution in [0.1, 0.15) is 33.4 Å². The van der Waals surface area contributed by atoms with Crippen LogP contribution < -0.4 is 5.73 Å². The number of ether oxygens (including phenoxy) is 1. The van der Waals surface area contributed by atoms with E-state index in [1.807, 2.05) is 4.57 Å². The lowest BCUT2D eigenvalue weighted by Crippen LogP contribution is -2.43. The number of fused-ring (bicyclic) bond motifs is 1. The molecular formula is C18H29N5O3S2Si. The molecule has 1 aliphatic rings. The Hall–Kier alpha value is -1.14. The maximum atomic E-state index is 12.1. The molecular weight excluding hydrogens is 426 g/mol. The zero-order chi connectivity index (χ0) is 21.4. The van der Waals surface area contributed by atoms with Crippen LogP contribution in [0.5, 0.6) is 0 Å². The van der Waals surface area contributed by atoms with Gasteiger partial charge in [-0.05, 0) is 24.4 Å². The molecule has 3 atom stereocenters. The normalized spacial score (nSPS) is 23.0. The SMILES string of the molecule is CSC(=O)S[C@@H]1C[C@H](n2cnc3c(N)ncnc32)O[C@@H]1CO[Si](C)(C)C(C)(C)C. The lowest BCUT2D eigenvalue weighted by molar-refractivity contribution is -0.0173. The maximum Gasteiger partial charge on any atom is 0.246 e. The number of thioether (sulfide) groups is 2. The second kappa shape index (κ2) is 8.54. The molecule has 1 fully saturated rings. The molecule has 2 aromatic rings. The number of nitrogen functional groups attached to an aromatic ring is 1. The first kappa shape index (κ1) is 22.5. The monoisotopic (exact) mass is 455 g/mol. The van der Waals surface area contributed by atoms with Gasteiger partial charge in [-0.15, -0.1) is 0 Å². The molecule has 8 nitrogen and oxygen atoms in total. The van der Waals surface area contributed by atoms with E-state index in [2.05, 4.69) is 48.8 Å². The number of carbonyl (C=O) groups excluding carboxylic acids is 1. The standard InChI is InChI=1S/C18H29N5O3S2Si/c1-18(2,3)29(5,6)25-8-11-12(28-17(24)27-4)7-13(26-11)23-10-22-14-15(19)20-9-21-16(14)23/h9-13H,7-8H2,1-6H3,(H2,19,20,21)/t11-,12-,13-/m1/s1. The minimum atomic E-state index is -1.93. The average molecular weight is 456 g/mol. The van der Waals surface area contributed by atoms with Gasteiger partial charge in [0.1, 0.15) is 18.1 Å². The number of imidazole rings is 1. The number of rotatable bonds is 5. The predicted molar refractivity (Wildman–Crippen MR) is 122 cm³/mol. The van der Waals surface area contributed by atoms with E-state index >= 15 is 0 Å². The maximum absolute atomic E-state index is 12.1. The minimum absolute atomic E-state index is 0.00125. The van der Waals surface area contributed by atoms with Crippen molar-refractivity contribution in [2.45, 2.75) is 62.9 Å². The summed E-state index contributed by atoms with van der Waals surface area (Å²) in [6.07, 6.45) is 5.09. The first-order valence-electron chi connectivity index (χ1n) is 9.50. The highest BCUT2D eigenvalue weighted by Crippen LogP contribution is 2.41. The Morgan fingerprint density at radius 1 is 1.38 bits per heavy atom.